The van der Waals surface area contributed by atoms with Crippen molar-refractivity contribution in [1.82, 2.24) is 20.6 Å². The van der Waals surface area contributed by atoms with Gasteiger partial charge in [0.15, 0.2) is 0 Å². The van der Waals surface area contributed by atoms with E-state index < -0.39 is 0 Å². The van der Waals surface area contributed by atoms with Crippen LogP contribution in [0.1, 0.15) is 31.2 Å². The Balaban J connectivity index is 1.49. The summed E-state index contributed by atoms with van der Waals surface area (Å²) < 4.78 is 4.98. The van der Waals surface area contributed by atoms with Crippen molar-refractivity contribution >= 4 is 23.4 Å². The highest BCUT2D eigenvalue weighted by atomic mass is 16.5. The molecule has 0 aliphatic heterocycles. The second kappa shape index (κ2) is 12.6. The zero-order valence-corrected chi connectivity index (χ0v) is 19.5. The zero-order chi connectivity index (χ0) is 23.5. The largest absolute Gasteiger partial charge is 0.385 e. The monoisotopic (exact) mass is 450 g/mol. The Bertz CT molecular complexity index is 954. The number of hydrogen-bond donors (Lipinski definition) is 4. The number of carbonyl (C=O) groups excluding carboxylic acids is 1. The van der Waals surface area contributed by atoms with Crippen LogP contribution in [0.15, 0.2) is 60.6 Å². The van der Waals surface area contributed by atoms with Crippen molar-refractivity contribution in [3.63, 3.8) is 0 Å². The Hall–Kier alpha value is -3.39. The highest BCUT2D eigenvalue weighted by Crippen LogP contribution is 2.36. The normalized spacial score (nSPS) is 13.3. The van der Waals surface area contributed by atoms with Gasteiger partial charge in [0.05, 0.1) is 0 Å². The van der Waals surface area contributed by atoms with Crippen LogP contribution in [0.25, 0.3) is 0 Å². The molecule has 33 heavy (non-hydrogen) atoms. The highest BCUT2D eigenvalue weighted by Gasteiger charge is 2.23. The fourth-order valence-corrected chi connectivity index (χ4v) is 3.23. The summed E-state index contributed by atoms with van der Waals surface area (Å²) in [6.07, 6.45) is 8.15. The lowest BCUT2D eigenvalue weighted by molar-refractivity contribution is -0.121. The Morgan fingerprint density at radius 3 is 2.73 bits per heavy atom. The minimum atomic E-state index is 0.0571. The van der Waals surface area contributed by atoms with E-state index in [0.29, 0.717) is 43.7 Å². The molecule has 1 aliphatic carbocycles. The van der Waals surface area contributed by atoms with Gasteiger partial charge in [-0.25, -0.2) is 4.98 Å². The molecule has 8 nitrogen and oxygen atoms in total. The fourth-order valence-electron chi connectivity index (χ4n) is 3.23. The van der Waals surface area contributed by atoms with E-state index in [1.54, 1.807) is 13.3 Å². The first-order chi connectivity index (χ1) is 16.1. The predicted molar refractivity (Wildman–Crippen MR) is 132 cm³/mol. The summed E-state index contributed by atoms with van der Waals surface area (Å²) in [4.78, 5) is 20.8. The minimum absolute atomic E-state index is 0.0571. The molecule has 0 atom stereocenters. The summed E-state index contributed by atoms with van der Waals surface area (Å²) in [5.74, 6) is 2.70. The lowest BCUT2D eigenvalue weighted by Gasteiger charge is -2.12. The predicted octanol–water partition coefficient (Wildman–Crippen LogP) is 3.74. The van der Waals surface area contributed by atoms with Gasteiger partial charge >= 0.3 is 0 Å². The van der Waals surface area contributed by atoms with Crippen LogP contribution in [0.2, 0.25) is 0 Å². The maximum absolute atomic E-state index is 11.9. The number of aryl methyl sites for hydroxylation is 1. The van der Waals surface area contributed by atoms with E-state index in [1.807, 2.05) is 43.5 Å². The number of anilines is 3. The number of aromatic nitrogens is 2. The van der Waals surface area contributed by atoms with Gasteiger partial charge in [-0.15, -0.1) is 0 Å². The molecular formula is C25H34N6O2. The van der Waals surface area contributed by atoms with E-state index in [-0.39, 0.29) is 5.91 Å². The summed E-state index contributed by atoms with van der Waals surface area (Å²) in [5.41, 5.74) is 3.11. The van der Waals surface area contributed by atoms with Crippen molar-refractivity contribution in [3.05, 3.63) is 66.1 Å². The average Bonchev–Trinajstić information content (AvgIpc) is 3.67. The number of allylic oxidation sites excluding steroid dienone is 2. The van der Waals surface area contributed by atoms with Gasteiger partial charge in [-0.1, -0.05) is 18.7 Å². The molecule has 0 spiro atoms. The van der Waals surface area contributed by atoms with Gasteiger partial charge in [0.1, 0.15) is 11.6 Å². The molecule has 1 aliphatic rings. The van der Waals surface area contributed by atoms with Crippen molar-refractivity contribution < 1.29 is 9.53 Å². The molecule has 0 bridgehead atoms. The van der Waals surface area contributed by atoms with E-state index in [2.05, 4.69) is 37.8 Å². The molecule has 1 heterocycles. The van der Waals surface area contributed by atoms with E-state index in [9.17, 15) is 4.79 Å². The average molecular weight is 451 g/mol. The molecule has 0 saturated heterocycles. The third-order valence-corrected chi connectivity index (χ3v) is 5.32. The second-order valence-corrected chi connectivity index (χ2v) is 8.07. The molecule has 2 aromatic rings. The number of amides is 1. The van der Waals surface area contributed by atoms with Crippen molar-refractivity contribution in [3.8, 4) is 0 Å². The van der Waals surface area contributed by atoms with E-state index in [1.165, 1.54) is 12.8 Å². The number of ether oxygens (including phenoxy) is 1. The van der Waals surface area contributed by atoms with Crippen LogP contribution in [0.5, 0.6) is 0 Å². The van der Waals surface area contributed by atoms with Crippen LogP contribution in [-0.2, 0) is 16.0 Å². The van der Waals surface area contributed by atoms with Gasteiger partial charge in [0.2, 0.25) is 11.9 Å². The second-order valence-electron chi connectivity index (χ2n) is 8.07. The van der Waals surface area contributed by atoms with Crippen LogP contribution in [-0.4, -0.2) is 43.2 Å². The van der Waals surface area contributed by atoms with E-state index in [4.69, 9.17) is 4.74 Å². The van der Waals surface area contributed by atoms with Gasteiger partial charge in [0, 0.05) is 45.6 Å². The van der Waals surface area contributed by atoms with E-state index in [0.717, 1.165) is 29.1 Å². The number of hydrogen-bond acceptors (Lipinski definition) is 7. The fraction of sp³-hybridized carbons (Fsp3) is 0.400. The van der Waals surface area contributed by atoms with E-state index >= 15 is 0 Å². The number of nitrogens with one attached hydrogen (secondary N) is 4. The van der Waals surface area contributed by atoms with Crippen LogP contribution >= 0.6 is 0 Å². The summed E-state index contributed by atoms with van der Waals surface area (Å²) in [6.45, 7) is 5.44. The topological polar surface area (TPSA) is 100 Å². The lowest BCUT2D eigenvalue weighted by atomic mass is 10.1. The van der Waals surface area contributed by atoms with Crippen molar-refractivity contribution in [2.75, 3.05) is 37.9 Å². The number of methoxy groups -OCH3 is 1. The number of rotatable bonds is 14. The molecule has 1 fully saturated rings. The molecule has 1 aromatic carbocycles. The first-order valence-electron chi connectivity index (χ1n) is 11.4. The van der Waals surface area contributed by atoms with Crippen LogP contribution in [0, 0.1) is 5.92 Å². The van der Waals surface area contributed by atoms with Crippen molar-refractivity contribution in [2.24, 2.45) is 5.92 Å². The SMILES string of the molecule is C=C(/C=C(\NC)Nc1ccnc(Nc2ccc(CCC(=O)NCCCOC)cc2)n1)C1CC1. The van der Waals surface area contributed by atoms with Crippen LogP contribution in [0.3, 0.4) is 0 Å². The molecule has 0 unspecified atom stereocenters. The maximum atomic E-state index is 11.9. The summed E-state index contributed by atoms with van der Waals surface area (Å²) in [5, 5.41) is 12.6. The molecular weight excluding hydrogens is 416 g/mol. The quantitative estimate of drug-likeness (QED) is 0.257. The molecule has 176 valence electrons. The standard InChI is InChI=1S/C25H34N6O2/c1-18(20-8-9-20)17-23(26-2)30-22-13-15-28-25(31-22)29-21-10-5-19(6-11-21)7-12-24(32)27-14-4-16-33-3/h5-6,10-11,13,15,17,20,26H,1,4,7-9,12,14,16H2,2-3H3,(H,27,32)(H2,28,29,30,31)/b23-17+. The molecule has 1 amide bonds. The number of carbonyl (C=O) groups is 1. The Labute approximate surface area is 195 Å². The van der Waals surface area contributed by atoms with Gasteiger partial charge < -0.3 is 26.0 Å². The van der Waals surface area contributed by atoms with Gasteiger partial charge in [-0.2, -0.15) is 4.98 Å². The number of nitrogens with zero attached hydrogens (tertiary/aromatic N) is 2. The maximum Gasteiger partial charge on any atom is 0.229 e. The van der Waals surface area contributed by atoms with Gasteiger partial charge in [-0.05, 0) is 67.0 Å². The molecule has 0 radical (unpaired) electrons. The van der Waals surface area contributed by atoms with Crippen LogP contribution < -0.4 is 21.3 Å². The molecule has 8 heteroatoms. The van der Waals surface area contributed by atoms with Gasteiger partial charge in [0.25, 0.3) is 0 Å². The summed E-state index contributed by atoms with van der Waals surface area (Å²) in [7, 11) is 3.53. The smallest absolute Gasteiger partial charge is 0.229 e. The third kappa shape index (κ3) is 8.57. The Morgan fingerprint density at radius 2 is 2.03 bits per heavy atom. The first kappa shape index (κ1) is 24.3. The summed E-state index contributed by atoms with van der Waals surface area (Å²) in [6, 6.07) is 9.77. The Kier molecular flexibility index (Phi) is 9.26. The van der Waals surface area contributed by atoms with Crippen LogP contribution in [0.4, 0.5) is 17.5 Å². The zero-order valence-electron chi connectivity index (χ0n) is 19.5. The lowest BCUT2D eigenvalue weighted by Crippen LogP contribution is -2.25. The molecule has 1 aromatic heterocycles. The molecule has 3 rings (SSSR count). The molecule has 1 saturated carbocycles. The van der Waals surface area contributed by atoms with Crippen molar-refractivity contribution in [1.29, 1.82) is 0 Å². The Morgan fingerprint density at radius 1 is 1.24 bits per heavy atom. The molecule has 4 N–H and O–H groups in total. The first-order valence-corrected chi connectivity index (χ1v) is 11.4. The summed E-state index contributed by atoms with van der Waals surface area (Å²) >= 11 is 0. The van der Waals surface area contributed by atoms with Crippen molar-refractivity contribution in [2.45, 2.75) is 32.1 Å². The van der Waals surface area contributed by atoms with Gasteiger partial charge in [-0.3, -0.25) is 4.79 Å². The number of benzene rings is 1. The highest BCUT2D eigenvalue weighted by molar-refractivity contribution is 5.76. The minimum Gasteiger partial charge on any atom is -0.385 e. The third-order valence-electron chi connectivity index (χ3n) is 5.32.